The van der Waals surface area contributed by atoms with Crippen molar-refractivity contribution in [3.63, 3.8) is 0 Å². The molecule has 3 aromatic rings. The van der Waals surface area contributed by atoms with Gasteiger partial charge in [0.2, 0.25) is 0 Å². The number of fused-ring (bicyclic) bond motifs is 1. The topological polar surface area (TPSA) is 0 Å². The van der Waals surface area contributed by atoms with Crippen LogP contribution < -0.4 is 0 Å². The fourth-order valence-corrected chi connectivity index (χ4v) is 3.60. The van der Waals surface area contributed by atoms with E-state index in [-0.39, 0.29) is 0 Å². The maximum Gasteiger partial charge on any atom is -0.00993 e. The minimum atomic E-state index is 1.20. The van der Waals surface area contributed by atoms with Gasteiger partial charge in [0.15, 0.2) is 0 Å². The highest BCUT2D eigenvalue weighted by molar-refractivity contribution is 6.02. The number of allylic oxidation sites excluding steroid dienone is 7. The van der Waals surface area contributed by atoms with Gasteiger partial charge in [-0.3, -0.25) is 0 Å². The second kappa shape index (κ2) is 9.71. The molecule has 0 amide bonds. The molecule has 0 radical (unpaired) electrons. The highest BCUT2D eigenvalue weighted by Crippen LogP contribution is 2.34. The van der Waals surface area contributed by atoms with E-state index in [0.29, 0.717) is 0 Å². The summed E-state index contributed by atoms with van der Waals surface area (Å²) in [6.45, 7) is 10.2. The van der Waals surface area contributed by atoms with Crippen molar-refractivity contribution in [2.24, 2.45) is 0 Å². The highest BCUT2D eigenvalue weighted by Gasteiger charge is 2.11. The summed E-state index contributed by atoms with van der Waals surface area (Å²) < 4.78 is 0. The Morgan fingerprint density at radius 1 is 0.793 bits per heavy atom. The van der Waals surface area contributed by atoms with Crippen molar-refractivity contribution in [2.75, 3.05) is 0 Å². The lowest BCUT2D eigenvalue weighted by molar-refractivity contribution is 1.34. The molecule has 0 N–H and O–H groups in total. The largest absolute Gasteiger partial charge is 0.0991 e. The summed E-state index contributed by atoms with van der Waals surface area (Å²) in [7, 11) is 0. The Bertz CT molecular complexity index is 1120. The minimum absolute atomic E-state index is 1.20. The molecular formula is C29H28. The van der Waals surface area contributed by atoms with Crippen molar-refractivity contribution < 1.29 is 0 Å². The van der Waals surface area contributed by atoms with Crippen LogP contribution in [0.1, 0.15) is 37.5 Å². The maximum absolute atomic E-state index is 3.82. The molecule has 0 aliphatic rings. The van der Waals surface area contributed by atoms with E-state index in [1.54, 1.807) is 0 Å². The first-order valence-electron chi connectivity index (χ1n) is 10.0. The summed E-state index contributed by atoms with van der Waals surface area (Å²) in [5.74, 6) is 0. The summed E-state index contributed by atoms with van der Waals surface area (Å²) in [6, 6.07) is 23.5. The number of benzene rings is 3. The lowest BCUT2D eigenvalue weighted by atomic mass is 9.89. The van der Waals surface area contributed by atoms with Gasteiger partial charge in [-0.05, 0) is 59.4 Å². The van der Waals surface area contributed by atoms with E-state index in [1.165, 1.54) is 44.2 Å². The third-order valence-electron chi connectivity index (χ3n) is 5.02. The second-order valence-corrected chi connectivity index (χ2v) is 7.20. The van der Waals surface area contributed by atoms with Gasteiger partial charge in [-0.25, -0.2) is 0 Å². The summed E-state index contributed by atoms with van der Waals surface area (Å²) in [5.41, 5.74) is 7.46. The Balaban J connectivity index is 2.14. The Morgan fingerprint density at radius 2 is 1.48 bits per heavy atom. The molecule has 0 aromatic heterocycles. The fourth-order valence-electron chi connectivity index (χ4n) is 3.60. The molecule has 0 atom stereocenters. The standard InChI is InChI=1S/C29H28/c1-5-7-15-26(22(3)4)25(6-2)29-21-20-24(27-16-11-12-17-28(27)29)19-18-23-13-9-8-10-14-23/h5-21H,1H2,2-4H3. The van der Waals surface area contributed by atoms with Gasteiger partial charge in [0.1, 0.15) is 0 Å². The zero-order chi connectivity index (χ0) is 20.6. The summed E-state index contributed by atoms with van der Waals surface area (Å²) in [6.07, 6.45) is 12.6. The molecule has 0 heteroatoms. The van der Waals surface area contributed by atoms with Crippen LogP contribution in [0, 0.1) is 0 Å². The molecule has 0 bridgehead atoms. The minimum Gasteiger partial charge on any atom is -0.0991 e. The predicted molar refractivity (Wildman–Crippen MR) is 131 cm³/mol. The number of rotatable bonds is 6. The smallest absolute Gasteiger partial charge is 0.00993 e. The molecule has 0 spiro atoms. The first kappa shape index (κ1) is 20.4. The Hall–Kier alpha value is -3.38. The van der Waals surface area contributed by atoms with Crippen molar-refractivity contribution in [2.45, 2.75) is 20.8 Å². The van der Waals surface area contributed by atoms with E-state index in [2.05, 4.69) is 112 Å². The van der Waals surface area contributed by atoms with E-state index >= 15 is 0 Å². The zero-order valence-corrected chi connectivity index (χ0v) is 17.5. The molecule has 0 saturated carbocycles. The number of hydrogen-bond donors (Lipinski definition) is 0. The van der Waals surface area contributed by atoms with Gasteiger partial charge >= 0.3 is 0 Å². The van der Waals surface area contributed by atoms with Crippen LogP contribution in [0.25, 0.3) is 28.5 Å². The van der Waals surface area contributed by atoms with E-state index < -0.39 is 0 Å². The van der Waals surface area contributed by atoms with Crippen LogP contribution in [0.15, 0.2) is 109 Å². The molecular weight excluding hydrogens is 348 g/mol. The van der Waals surface area contributed by atoms with Crippen LogP contribution in [0.5, 0.6) is 0 Å². The SMILES string of the molecule is C=CC=CC(C(=CC)c1ccc(C=Cc2ccccc2)c2ccccc12)=C(C)C. The average molecular weight is 377 g/mol. The van der Waals surface area contributed by atoms with E-state index in [9.17, 15) is 0 Å². The molecule has 0 saturated heterocycles. The van der Waals surface area contributed by atoms with Crippen molar-refractivity contribution in [1.29, 1.82) is 0 Å². The van der Waals surface area contributed by atoms with Gasteiger partial charge in [-0.15, -0.1) is 0 Å². The normalized spacial score (nSPS) is 12.0. The van der Waals surface area contributed by atoms with Crippen molar-refractivity contribution >= 4 is 28.5 Å². The molecule has 144 valence electrons. The monoisotopic (exact) mass is 376 g/mol. The molecule has 29 heavy (non-hydrogen) atoms. The highest BCUT2D eigenvalue weighted by atomic mass is 14.2. The van der Waals surface area contributed by atoms with Crippen LogP contribution in [0.4, 0.5) is 0 Å². The van der Waals surface area contributed by atoms with Crippen LogP contribution >= 0.6 is 0 Å². The lowest BCUT2D eigenvalue weighted by Crippen LogP contribution is -1.93. The zero-order valence-electron chi connectivity index (χ0n) is 17.5. The molecule has 0 aliphatic heterocycles. The molecule has 0 fully saturated rings. The van der Waals surface area contributed by atoms with E-state index in [0.717, 1.165) is 0 Å². The number of hydrogen-bond acceptors (Lipinski definition) is 0. The molecule has 0 unspecified atom stereocenters. The third-order valence-corrected chi connectivity index (χ3v) is 5.02. The Kier molecular flexibility index (Phi) is 6.81. The van der Waals surface area contributed by atoms with Crippen LogP contribution in [0.2, 0.25) is 0 Å². The second-order valence-electron chi connectivity index (χ2n) is 7.20. The predicted octanol–water partition coefficient (Wildman–Crippen LogP) is 8.49. The molecule has 3 rings (SSSR count). The molecule has 0 heterocycles. The Morgan fingerprint density at radius 3 is 2.14 bits per heavy atom. The molecule has 0 aliphatic carbocycles. The van der Waals surface area contributed by atoms with Crippen molar-refractivity contribution in [3.8, 4) is 0 Å². The maximum atomic E-state index is 3.82. The fraction of sp³-hybridized carbons (Fsp3) is 0.103. The van der Waals surface area contributed by atoms with Crippen LogP contribution in [0.3, 0.4) is 0 Å². The first-order valence-corrected chi connectivity index (χ1v) is 10.0. The van der Waals surface area contributed by atoms with Gasteiger partial charge in [0.05, 0.1) is 0 Å². The lowest BCUT2D eigenvalue weighted by Gasteiger charge is -2.15. The van der Waals surface area contributed by atoms with Gasteiger partial charge in [-0.2, -0.15) is 0 Å². The molecule has 3 aromatic carbocycles. The van der Waals surface area contributed by atoms with Gasteiger partial charge in [0, 0.05) is 0 Å². The van der Waals surface area contributed by atoms with Gasteiger partial charge in [-0.1, -0.05) is 115 Å². The first-order chi connectivity index (χ1) is 14.2. The van der Waals surface area contributed by atoms with Crippen LogP contribution in [-0.4, -0.2) is 0 Å². The average Bonchev–Trinajstić information content (AvgIpc) is 2.76. The van der Waals surface area contributed by atoms with Gasteiger partial charge in [0.25, 0.3) is 0 Å². The molecule has 0 nitrogen and oxygen atoms in total. The van der Waals surface area contributed by atoms with E-state index in [4.69, 9.17) is 0 Å². The van der Waals surface area contributed by atoms with E-state index in [1.807, 2.05) is 18.2 Å². The Labute approximate surface area is 174 Å². The quantitative estimate of drug-likeness (QED) is 0.299. The summed E-state index contributed by atoms with van der Waals surface area (Å²) in [5, 5.41) is 2.53. The van der Waals surface area contributed by atoms with Crippen molar-refractivity contribution in [3.05, 3.63) is 125 Å². The van der Waals surface area contributed by atoms with Crippen LogP contribution in [-0.2, 0) is 0 Å². The van der Waals surface area contributed by atoms with Crippen molar-refractivity contribution in [1.82, 2.24) is 0 Å². The summed E-state index contributed by atoms with van der Waals surface area (Å²) >= 11 is 0. The summed E-state index contributed by atoms with van der Waals surface area (Å²) in [4.78, 5) is 0. The third kappa shape index (κ3) is 4.73. The van der Waals surface area contributed by atoms with Gasteiger partial charge < -0.3 is 0 Å².